The molecule has 0 amide bonds. The molecule has 1 aromatic heterocycles. The molecule has 0 unspecified atom stereocenters. The fraction of sp³-hybridized carbons (Fsp3) is 0.154. The average molecular weight is 260 g/mol. The second kappa shape index (κ2) is 5.34. The highest BCUT2D eigenvalue weighted by molar-refractivity contribution is 5.91. The predicted octanol–water partition coefficient (Wildman–Crippen LogP) is 0.998. The molecule has 0 fully saturated rings. The lowest BCUT2D eigenvalue weighted by molar-refractivity contribution is 0.0693. The molecule has 0 spiro atoms. The summed E-state index contributed by atoms with van der Waals surface area (Å²) in [5, 5.41) is 9.08. The number of aromatic carboxylic acids is 1. The summed E-state index contributed by atoms with van der Waals surface area (Å²) in [5.41, 5.74) is 0.531. The zero-order chi connectivity index (χ0) is 13.8. The Kier molecular flexibility index (Phi) is 3.61. The number of aromatic nitrogens is 2. The fourth-order valence-electron chi connectivity index (χ4n) is 1.72. The number of nitrogens with zero attached hydrogens (tertiary/aromatic N) is 2. The molecule has 0 aliphatic rings. The van der Waals surface area contributed by atoms with Crippen LogP contribution in [0.25, 0.3) is 0 Å². The van der Waals surface area contributed by atoms with Crippen molar-refractivity contribution in [3.8, 4) is 5.75 Å². The molecule has 0 saturated carbocycles. The van der Waals surface area contributed by atoms with Gasteiger partial charge in [0.05, 0.1) is 19.9 Å². The van der Waals surface area contributed by atoms with Gasteiger partial charge in [-0.2, -0.15) is 0 Å². The SMILES string of the molecule is COc1ccc(Cn2ccncc2=O)cc1C(=O)O. The molecule has 0 radical (unpaired) electrons. The van der Waals surface area contributed by atoms with Gasteiger partial charge in [0.25, 0.3) is 5.56 Å². The average Bonchev–Trinajstić information content (AvgIpc) is 2.41. The van der Waals surface area contributed by atoms with Crippen molar-refractivity contribution in [1.82, 2.24) is 9.55 Å². The molecular formula is C13H12N2O4. The Bertz CT molecular complexity index is 664. The van der Waals surface area contributed by atoms with Crippen molar-refractivity contribution in [1.29, 1.82) is 0 Å². The number of benzene rings is 1. The van der Waals surface area contributed by atoms with Crippen molar-refractivity contribution in [2.45, 2.75) is 6.54 Å². The Morgan fingerprint density at radius 3 is 2.89 bits per heavy atom. The lowest BCUT2D eigenvalue weighted by atomic mass is 10.1. The van der Waals surface area contributed by atoms with Crippen LogP contribution in [0.15, 0.2) is 41.6 Å². The van der Waals surface area contributed by atoms with Gasteiger partial charge in [-0.15, -0.1) is 0 Å². The van der Waals surface area contributed by atoms with Gasteiger partial charge in [-0.1, -0.05) is 6.07 Å². The number of hydrogen-bond acceptors (Lipinski definition) is 4. The third-order valence-electron chi connectivity index (χ3n) is 2.65. The topological polar surface area (TPSA) is 81.4 Å². The van der Waals surface area contributed by atoms with Gasteiger partial charge in [-0.25, -0.2) is 4.79 Å². The van der Waals surface area contributed by atoms with E-state index in [1.165, 1.54) is 30.1 Å². The fourth-order valence-corrected chi connectivity index (χ4v) is 1.72. The van der Waals surface area contributed by atoms with E-state index in [1.54, 1.807) is 18.3 Å². The summed E-state index contributed by atoms with van der Waals surface area (Å²) in [6.45, 7) is 0.283. The molecular weight excluding hydrogens is 248 g/mol. The van der Waals surface area contributed by atoms with Crippen LogP contribution in [0.2, 0.25) is 0 Å². The quantitative estimate of drug-likeness (QED) is 0.886. The first kappa shape index (κ1) is 12.8. The summed E-state index contributed by atoms with van der Waals surface area (Å²) in [6.07, 6.45) is 4.26. The minimum absolute atomic E-state index is 0.0714. The van der Waals surface area contributed by atoms with E-state index in [4.69, 9.17) is 9.84 Å². The second-order valence-corrected chi connectivity index (χ2v) is 3.88. The van der Waals surface area contributed by atoms with Gasteiger partial charge in [0.15, 0.2) is 0 Å². The number of methoxy groups -OCH3 is 1. The zero-order valence-electron chi connectivity index (χ0n) is 10.2. The summed E-state index contributed by atoms with van der Waals surface area (Å²) in [4.78, 5) is 26.3. The molecule has 0 atom stereocenters. The van der Waals surface area contributed by atoms with Crippen LogP contribution in [0.3, 0.4) is 0 Å². The summed E-state index contributed by atoms with van der Waals surface area (Å²) in [7, 11) is 1.41. The highest BCUT2D eigenvalue weighted by atomic mass is 16.5. The largest absolute Gasteiger partial charge is 0.496 e. The van der Waals surface area contributed by atoms with Gasteiger partial charge in [0, 0.05) is 12.4 Å². The van der Waals surface area contributed by atoms with Crippen molar-refractivity contribution in [3.63, 3.8) is 0 Å². The number of carboxylic acid groups (broad SMARTS) is 1. The van der Waals surface area contributed by atoms with Crippen LogP contribution in [-0.4, -0.2) is 27.7 Å². The summed E-state index contributed by atoms with van der Waals surface area (Å²) in [5.74, 6) is -0.779. The second-order valence-electron chi connectivity index (χ2n) is 3.88. The summed E-state index contributed by atoms with van der Waals surface area (Å²) in [6, 6.07) is 4.79. The smallest absolute Gasteiger partial charge is 0.339 e. The summed E-state index contributed by atoms with van der Waals surface area (Å²) >= 11 is 0. The van der Waals surface area contributed by atoms with Gasteiger partial charge in [-0.05, 0) is 17.7 Å². The van der Waals surface area contributed by atoms with E-state index < -0.39 is 5.97 Å². The first-order chi connectivity index (χ1) is 9.11. The van der Waals surface area contributed by atoms with Crippen LogP contribution in [0.1, 0.15) is 15.9 Å². The Labute approximate surface area is 108 Å². The predicted molar refractivity (Wildman–Crippen MR) is 67.6 cm³/mol. The van der Waals surface area contributed by atoms with Crippen LogP contribution in [0, 0.1) is 0 Å². The molecule has 0 aliphatic heterocycles. The van der Waals surface area contributed by atoms with Gasteiger partial charge in [-0.3, -0.25) is 9.78 Å². The van der Waals surface area contributed by atoms with Gasteiger partial charge in [0.2, 0.25) is 0 Å². The molecule has 0 saturated heterocycles. The normalized spacial score (nSPS) is 10.2. The van der Waals surface area contributed by atoms with E-state index in [9.17, 15) is 9.59 Å². The maximum Gasteiger partial charge on any atom is 0.339 e. The maximum absolute atomic E-state index is 11.5. The molecule has 2 aromatic rings. The van der Waals surface area contributed by atoms with Gasteiger partial charge >= 0.3 is 5.97 Å². The van der Waals surface area contributed by atoms with Crippen molar-refractivity contribution in [3.05, 3.63) is 58.3 Å². The third kappa shape index (κ3) is 2.79. The van der Waals surface area contributed by atoms with E-state index in [0.29, 0.717) is 11.3 Å². The highest BCUT2D eigenvalue weighted by Gasteiger charge is 2.11. The standard InChI is InChI=1S/C13H12N2O4/c1-19-11-3-2-9(6-10(11)13(17)18)8-15-5-4-14-7-12(15)16/h2-7H,8H2,1H3,(H,17,18). The van der Waals surface area contributed by atoms with Crippen LogP contribution in [-0.2, 0) is 6.54 Å². The van der Waals surface area contributed by atoms with E-state index in [2.05, 4.69) is 4.98 Å². The molecule has 19 heavy (non-hydrogen) atoms. The summed E-state index contributed by atoms with van der Waals surface area (Å²) < 4.78 is 6.42. The van der Waals surface area contributed by atoms with Crippen LogP contribution in [0.4, 0.5) is 0 Å². The first-order valence-corrected chi connectivity index (χ1v) is 5.52. The zero-order valence-corrected chi connectivity index (χ0v) is 10.2. The Morgan fingerprint density at radius 2 is 2.26 bits per heavy atom. The lowest BCUT2D eigenvalue weighted by Gasteiger charge is -2.09. The van der Waals surface area contributed by atoms with E-state index >= 15 is 0 Å². The molecule has 1 heterocycles. The number of ether oxygens (including phenoxy) is 1. The number of carbonyl (C=O) groups is 1. The highest BCUT2D eigenvalue weighted by Crippen LogP contribution is 2.20. The van der Waals surface area contributed by atoms with Crippen molar-refractivity contribution in [2.24, 2.45) is 0 Å². The number of rotatable bonds is 4. The van der Waals surface area contributed by atoms with Gasteiger partial charge in [0.1, 0.15) is 11.3 Å². The van der Waals surface area contributed by atoms with Crippen molar-refractivity contribution >= 4 is 5.97 Å². The monoisotopic (exact) mass is 260 g/mol. The number of carboxylic acids is 1. The molecule has 1 aromatic carbocycles. The van der Waals surface area contributed by atoms with Gasteiger partial charge < -0.3 is 14.4 Å². The van der Waals surface area contributed by atoms with E-state index in [-0.39, 0.29) is 17.7 Å². The minimum Gasteiger partial charge on any atom is -0.496 e. The molecule has 2 rings (SSSR count). The van der Waals surface area contributed by atoms with E-state index in [0.717, 1.165) is 0 Å². The minimum atomic E-state index is -1.07. The van der Waals surface area contributed by atoms with Crippen LogP contribution in [0.5, 0.6) is 5.75 Å². The Morgan fingerprint density at radius 1 is 1.47 bits per heavy atom. The van der Waals surface area contributed by atoms with Crippen molar-refractivity contribution < 1.29 is 14.6 Å². The lowest BCUT2D eigenvalue weighted by Crippen LogP contribution is -2.19. The van der Waals surface area contributed by atoms with Crippen molar-refractivity contribution in [2.75, 3.05) is 7.11 Å². The third-order valence-corrected chi connectivity index (χ3v) is 2.65. The van der Waals surface area contributed by atoms with Crippen LogP contribution < -0.4 is 10.3 Å². The number of hydrogen-bond donors (Lipinski definition) is 1. The first-order valence-electron chi connectivity index (χ1n) is 5.52. The molecule has 6 nitrogen and oxygen atoms in total. The Balaban J connectivity index is 2.37. The molecule has 6 heteroatoms. The molecule has 1 N–H and O–H groups in total. The van der Waals surface area contributed by atoms with E-state index in [1.807, 2.05) is 0 Å². The van der Waals surface area contributed by atoms with Crippen LogP contribution >= 0.6 is 0 Å². The molecule has 0 aliphatic carbocycles. The Hall–Kier alpha value is -2.63. The molecule has 98 valence electrons. The molecule has 0 bridgehead atoms. The maximum atomic E-state index is 11.5.